The Morgan fingerprint density at radius 3 is 2.65 bits per heavy atom. The van der Waals surface area contributed by atoms with Gasteiger partial charge in [-0.1, -0.05) is 29.8 Å². The Kier molecular flexibility index (Phi) is 4.71. The van der Waals surface area contributed by atoms with E-state index in [1.165, 1.54) is 6.07 Å². The monoisotopic (exact) mass is 292 g/mol. The molecule has 3 N–H and O–H groups in total. The van der Waals surface area contributed by atoms with Gasteiger partial charge in [0.25, 0.3) is 0 Å². The summed E-state index contributed by atoms with van der Waals surface area (Å²) in [5.74, 6) is -0.806. The van der Waals surface area contributed by atoms with Crippen LogP contribution in [0.15, 0.2) is 42.5 Å². The van der Waals surface area contributed by atoms with Crippen LogP contribution in [0.2, 0.25) is 5.02 Å². The molecule has 0 aliphatic rings. The maximum atomic E-state index is 13.6. The van der Waals surface area contributed by atoms with E-state index in [1.54, 1.807) is 30.3 Å². The Morgan fingerprint density at radius 2 is 1.95 bits per heavy atom. The molecule has 0 radical (unpaired) electrons. The first-order chi connectivity index (χ1) is 9.58. The highest BCUT2D eigenvalue weighted by Gasteiger charge is 2.06. The van der Waals surface area contributed by atoms with Crippen molar-refractivity contribution in [2.24, 2.45) is 5.73 Å². The van der Waals surface area contributed by atoms with Crippen molar-refractivity contribution in [3.05, 3.63) is 70.0 Å². The second-order valence-electron chi connectivity index (χ2n) is 4.37. The molecule has 104 valence electrons. The van der Waals surface area contributed by atoms with Gasteiger partial charge in [-0.05, 0) is 29.8 Å². The van der Waals surface area contributed by atoms with Crippen LogP contribution in [-0.4, -0.2) is 5.91 Å². The largest absolute Gasteiger partial charge is 0.366 e. The maximum Gasteiger partial charge on any atom is 0.248 e. The van der Waals surface area contributed by atoms with Gasteiger partial charge in [-0.3, -0.25) is 4.79 Å². The van der Waals surface area contributed by atoms with Crippen molar-refractivity contribution in [3.63, 3.8) is 0 Å². The van der Waals surface area contributed by atoms with E-state index in [0.717, 1.165) is 5.56 Å². The minimum absolute atomic E-state index is 0.312. The summed E-state index contributed by atoms with van der Waals surface area (Å²) in [5, 5.41) is 3.48. The molecule has 1 amide bonds. The predicted octanol–water partition coefficient (Wildman–Crippen LogP) is 2.87. The van der Waals surface area contributed by atoms with Gasteiger partial charge in [-0.2, -0.15) is 0 Å². The second kappa shape index (κ2) is 6.50. The van der Waals surface area contributed by atoms with Gasteiger partial charge < -0.3 is 11.1 Å². The zero-order chi connectivity index (χ0) is 14.5. The van der Waals surface area contributed by atoms with Crippen molar-refractivity contribution in [2.45, 2.75) is 13.1 Å². The minimum atomic E-state index is -0.469. The molecule has 5 heteroatoms. The SMILES string of the molecule is NC(=O)c1cccc(CNCc2c(F)cccc2Cl)c1. The number of benzene rings is 2. The molecule has 0 saturated heterocycles. The normalized spacial score (nSPS) is 10.5. The van der Waals surface area contributed by atoms with Crippen LogP contribution < -0.4 is 11.1 Å². The number of hydrogen-bond donors (Lipinski definition) is 2. The molecule has 0 saturated carbocycles. The van der Waals surface area contributed by atoms with Crippen molar-refractivity contribution >= 4 is 17.5 Å². The number of rotatable bonds is 5. The maximum absolute atomic E-state index is 13.6. The number of hydrogen-bond acceptors (Lipinski definition) is 2. The van der Waals surface area contributed by atoms with Crippen LogP contribution in [0.4, 0.5) is 4.39 Å². The molecule has 0 aliphatic carbocycles. The van der Waals surface area contributed by atoms with E-state index in [0.29, 0.717) is 29.2 Å². The molecule has 2 aromatic rings. The van der Waals surface area contributed by atoms with Crippen LogP contribution in [0.25, 0.3) is 0 Å². The number of nitrogens with two attached hydrogens (primary N) is 1. The smallest absolute Gasteiger partial charge is 0.248 e. The summed E-state index contributed by atoms with van der Waals surface area (Å²) < 4.78 is 13.6. The highest BCUT2D eigenvalue weighted by molar-refractivity contribution is 6.31. The summed E-state index contributed by atoms with van der Waals surface area (Å²) in [5.41, 5.74) is 7.00. The number of nitrogens with one attached hydrogen (secondary N) is 1. The summed E-state index contributed by atoms with van der Waals surface area (Å²) >= 11 is 5.94. The lowest BCUT2D eigenvalue weighted by molar-refractivity contribution is 0.1000. The molecule has 0 aliphatic heterocycles. The molecule has 0 heterocycles. The molecule has 3 nitrogen and oxygen atoms in total. The van der Waals surface area contributed by atoms with Crippen molar-refractivity contribution in [2.75, 3.05) is 0 Å². The van der Waals surface area contributed by atoms with Crippen LogP contribution in [0.3, 0.4) is 0 Å². The van der Waals surface area contributed by atoms with Crippen LogP contribution in [0.1, 0.15) is 21.5 Å². The van der Waals surface area contributed by atoms with E-state index in [9.17, 15) is 9.18 Å². The highest BCUT2D eigenvalue weighted by Crippen LogP contribution is 2.18. The van der Waals surface area contributed by atoms with Gasteiger partial charge in [-0.25, -0.2) is 4.39 Å². The lowest BCUT2D eigenvalue weighted by Gasteiger charge is -2.08. The fourth-order valence-corrected chi connectivity index (χ4v) is 2.10. The highest BCUT2D eigenvalue weighted by atomic mass is 35.5. The Hall–Kier alpha value is -1.91. The quantitative estimate of drug-likeness (QED) is 0.890. The fourth-order valence-electron chi connectivity index (χ4n) is 1.87. The minimum Gasteiger partial charge on any atom is -0.366 e. The van der Waals surface area contributed by atoms with E-state index in [-0.39, 0.29) is 5.82 Å². The Bertz CT molecular complexity index is 611. The molecule has 2 rings (SSSR count). The van der Waals surface area contributed by atoms with Gasteiger partial charge in [0.2, 0.25) is 5.91 Å². The first-order valence-electron chi connectivity index (χ1n) is 6.10. The van der Waals surface area contributed by atoms with Gasteiger partial charge >= 0.3 is 0 Å². The van der Waals surface area contributed by atoms with Gasteiger partial charge in [0.05, 0.1) is 0 Å². The van der Waals surface area contributed by atoms with E-state index >= 15 is 0 Å². The summed E-state index contributed by atoms with van der Waals surface area (Å²) in [6, 6.07) is 11.6. The lowest BCUT2D eigenvalue weighted by atomic mass is 10.1. The number of amides is 1. The third kappa shape index (κ3) is 3.56. The summed E-state index contributed by atoms with van der Waals surface area (Å²) in [6.45, 7) is 0.804. The number of primary amides is 1. The van der Waals surface area contributed by atoms with Crippen molar-refractivity contribution in [1.29, 1.82) is 0 Å². The lowest BCUT2D eigenvalue weighted by Crippen LogP contribution is -2.15. The standard InChI is InChI=1S/C15H14ClFN2O/c16-13-5-2-6-14(17)12(13)9-19-8-10-3-1-4-11(7-10)15(18)20/h1-7,19H,8-9H2,(H2,18,20). The zero-order valence-corrected chi connectivity index (χ0v) is 11.5. The molecule has 2 aromatic carbocycles. The molecule has 0 unspecified atom stereocenters. The van der Waals surface area contributed by atoms with Crippen LogP contribution in [-0.2, 0) is 13.1 Å². The van der Waals surface area contributed by atoms with E-state index in [4.69, 9.17) is 17.3 Å². The van der Waals surface area contributed by atoms with Gasteiger partial charge in [0.1, 0.15) is 5.82 Å². The third-order valence-corrected chi connectivity index (χ3v) is 3.26. The third-order valence-electron chi connectivity index (χ3n) is 2.90. The van der Waals surface area contributed by atoms with Crippen LogP contribution >= 0.6 is 11.6 Å². The van der Waals surface area contributed by atoms with Crippen LogP contribution in [0.5, 0.6) is 0 Å². The van der Waals surface area contributed by atoms with Gasteiger partial charge in [0, 0.05) is 29.2 Å². The number of halogens is 2. The summed E-state index contributed by atoms with van der Waals surface area (Å²) in [6.07, 6.45) is 0. The van der Waals surface area contributed by atoms with E-state index in [1.807, 2.05) is 6.07 Å². The Labute approximate surface area is 121 Å². The second-order valence-corrected chi connectivity index (χ2v) is 4.78. The molecule has 0 aromatic heterocycles. The number of carbonyl (C=O) groups is 1. The Balaban J connectivity index is 1.99. The van der Waals surface area contributed by atoms with Crippen LogP contribution in [0, 0.1) is 5.82 Å². The van der Waals surface area contributed by atoms with E-state index in [2.05, 4.69) is 5.32 Å². The Morgan fingerprint density at radius 1 is 1.20 bits per heavy atom. The number of carbonyl (C=O) groups excluding carboxylic acids is 1. The fraction of sp³-hybridized carbons (Fsp3) is 0.133. The molecular weight excluding hydrogens is 279 g/mol. The van der Waals surface area contributed by atoms with Crippen molar-refractivity contribution in [3.8, 4) is 0 Å². The van der Waals surface area contributed by atoms with Crippen molar-refractivity contribution in [1.82, 2.24) is 5.32 Å². The summed E-state index contributed by atoms with van der Waals surface area (Å²) in [4.78, 5) is 11.1. The average molecular weight is 293 g/mol. The van der Waals surface area contributed by atoms with Gasteiger partial charge in [0.15, 0.2) is 0 Å². The van der Waals surface area contributed by atoms with E-state index < -0.39 is 5.91 Å². The molecule has 0 atom stereocenters. The first-order valence-corrected chi connectivity index (χ1v) is 6.48. The molecule has 0 fully saturated rings. The topological polar surface area (TPSA) is 55.1 Å². The predicted molar refractivity (Wildman–Crippen MR) is 76.9 cm³/mol. The van der Waals surface area contributed by atoms with Gasteiger partial charge in [-0.15, -0.1) is 0 Å². The molecule has 0 spiro atoms. The summed E-state index contributed by atoms with van der Waals surface area (Å²) in [7, 11) is 0. The average Bonchev–Trinajstić information content (AvgIpc) is 2.42. The molecular formula is C15H14ClFN2O. The molecule has 20 heavy (non-hydrogen) atoms. The molecule has 0 bridgehead atoms. The first kappa shape index (κ1) is 14.5. The zero-order valence-electron chi connectivity index (χ0n) is 10.7. The van der Waals surface area contributed by atoms with Crippen molar-refractivity contribution < 1.29 is 9.18 Å².